The third-order valence-electron chi connectivity index (χ3n) is 8.35. The summed E-state index contributed by atoms with van der Waals surface area (Å²) in [6, 6.07) is 20.5. The molecular weight excluding hydrogens is 514 g/mol. The van der Waals surface area contributed by atoms with Crippen LogP contribution in [0.4, 0.5) is 0 Å². The van der Waals surface area contributed by atoms with Gasteiger partial charge in [-0.15, -0.1) is 6.58 Å². The largest absolute Gasteiger partial charge is 0.300 e. The molecular formula is C39H55NO2. The van der Waals surface area contributed by atoms with Crippen molar-refractivity contribution in [3.05, 3.63) is 95.7 Å². The van der Waals surface area contributed by atoms with Crippen LogP contribution in [0.25, 0.3) is 0 Å². The number of carbonyl (C=O) groups is 2. The van der Waals surface area contributed by atoms with Gasteiger partial charge in [-0.1, -0.05) is 115 Å². The summed E-state index contributed by atoms with van der Waals surface area (Å²) in [6.07, 6.45) is 8.93. The Morgan fingerprint density at radius 2 is 1.43 bits per heavy atom. The Bertz CT molecular complexity index is 1160. The van der Waals surface area contributed by atoms with Crippen molar-refractivity contribution in [2.45, 2.75) is 106 Å². The van der Waals surface area contributed by atoms with E-state index in [2.05, 4.69) is 64.6 Å². The fourth-order valence-electron chi connectivity index (χ4n) is 6.34. The molecule has 228 valence electrons. The fraction of sp³-hybridized carbons (Fsp3) is 0.513. The van der Waals surface area contributed by atoms with Gasteiger partial charge in [0, 0.05) is 28.8 Å². The maximum absolute atomic E-state index is 13.8. The number of nitrogens with zero attached hydrogens (tertiary/aromatic N) is 1. The first-order chi connectivity index (χ1) is 20.1. The second kappa shape index (κ2) is 17.1. The van der Waals surface area contributed by atoms with Crippen LogP contribution in [0.3, 0.4) is 0 Å². The lowest BCUT2D eigenvalue weighted by Gasteiger charge is -2.40. The summed E-state index contributed by atoms with van der Waals surface area (Å²) in [4.78, 5) is 30.6. The number of benzene rings is 2. The van der Waals surface area contributed by atoms with Crippen molar-refractivity contribution < 1.29 is 9.59 Å². The lowest BCUT2D eigenvalue weighted by molar-refractivity contribution is -0.121. The highest BCUT2D eigenvalue weighted by atomic mass is 16.1. The van der Waals surface area contributed by atoms with Gasteiger partial charge in [-0.3, -0.25) is 14.6 Å². The average molecular weight is 570 g/mol. The third-order valence-corrected chi connectivity index (χ3v) is 8.35. The molecule has 3 heteroatoms. The smallest absolute Gasteiger partial charge is 0.170 e. The maximum atomic E-state index is 13.8. The summed E-state index contributed by atoms with van der Waals surface area (Å²) >= 11 is 0. The summed E-state index contributed by atoms with van der Waals surface area (Å²) in [5.41, 5.74) is 5.52. The lowest BCUT2D eigenvalue weighted by atomic mass is 9.65. The molecule has 0 aromatic heterocycles. The molecule has 5 rings (SSSR count). The van der Waals surface area contributed by atoms with Crippen molar-refractivity contribution in [2.24, 2.45) is 28.2 Å². The predicted molar refractivity (Wildman–Crippen MR) is 180 cm³/mol. The van der Waals surface area contributed by atoms with Gasteiger partial charge in [-0.25, -0.2) is 0 Å². The molecule has 1 saturated carbocycles. The molecule has 0 amide bonds. The van der Waals surface area contributed by atoms with E-state index in [0.29, 0.717) is 11.8 Å². The van der Waals surface area contributed by atoms with Crippen LogP contribution in [0.1, 0.15) is 117 Å². The van der Waals surface area contributed by atoms with E-state index in [1.165, 1.54) is 19.3 Å². The quantitative estimate of drug-likeness (QED) is 0.336. The zero-order valence-corrected chi connectivity index (χ0v) is 27.6. The molecule has 2 unspecified atom stereocenters. The highest BCUT2D eigenvalue weighted by molar-refractivity contribution is 6.15. The fourth-order valence-corrected chi connectivity index (χ4v) is 6.34. The molecule has 3 aliphatic rings. The van der Waals surface area contributed by atoms with E-state index < -0.39 is 0 Å². The normalized spacial score (nSPS) is 21.0. The van der Waals surface area contributed by atoms with Crippen molar-refractivity contribution in [2.75, 3.05) is 0 Å². The molecule has 1 heterocycles. The third kappa shape index (κ3) is 9.48. The van der Waals surface area contributed by atoms with Crippen LogP contribution in [0.5, 0.6) is 0 Å². The predicted octanol–water partition coefficient (Wildman–Crippen LogP) is 10.6. The van der Waals surface area contributed by atoms with Crippen molar-refractivity contribution in [1.82, 2.24) is 0 Å². The van der Waals surface area contributed by atoms with E-state index in [0.717, 1.165) is 53.3 Å². The number of hydrogen-bond donors (Lipinski definition) is 0. The van der Waals surface area contributed by atoms with E-state index in [1.54, 1.807) is 6.92 Å². The van der Waals surface area contributed by atoms with Gasteiger partial charge in [0.1, 0.15) is 5.78 Å². The number of rotatable bonds is 5. The van der Waals surface area contributed by atoms with E-state index in [1.807, 2.05) is 57.2 Å². The first kappa shape index (κ1) is 35.1. The molecule has 2 aromatic rings. The van der Waals surface area contributed by atoms with Gasteiger partial charge in [-0.2, -0.15) is 0 Å². The Kier molecular flexibility index (Phi) is 14.3. The summed E-state index contributed by atoms with van der Waals surface area (Å²) in [5, 5.41) is 0. The molecule has 0 radical (unpaired) electrons. The molecule has 0 bridgehead atoms. The Balaban J connectivity index is 0.000000397. The Hall–Kier alpha value is -3.07. The minimum atomic E-state index is -0.299. The molecule has 2 aliphatic carbocycles. The maximum Gasteiger partial charge on any atom is 0.170 e. The number of hydrogen-bond acceptors (Lipinski definition) is 3. The van der Waals surface area contributed by atoms with Crippen LogP contribution in [0.2, 0.25) is 0 Å². The molecule has 0 N–H and O–H groups in total. The Labute approximate surface area is 256 Å². The van der Waals surface area contributed by atoms with Gasteiger partial charge >= 0.3 is 0 Å². The molecule has 42 heavy (non-hydrogen) atoms. The van der Waals surface area contributed by atoms with Crippen molar-refractivity contribution >= 4 is 17.3 Å². The van der Waals surface area contributed by atoms with Crippen LogP contribution >= 0.6 is 0 Å². The van der Waals surface area contributed by atoms with Gasteiger partial charge in [-0.05, 0) is 74.8 Å². The molecule has 0 saturated heterocycles. The Morgan fingerprint density at radius 1 is 0.952 bits per heavy atom. The van der Waals surface area contributed by atoms with Crippen molar-refractivity contribution in [1.29, 1.82) is 0 Å². The molecule has 1 aliphatic heterocycles. The first-order valence-corrected chi connectivity index (χ1v) is 16.2. The number of allylic oxidation sites excluding steroid dienone is 3. The number of carbonyl (C=O) groups excluding carboxylic acids is 2. The molecule has 1 fully saturated rings. The van der Waals surface area contributed by atoms with Crippen LogP contribution in [-0.4, -0.2) is 17.3 Å². The van der Waals surface area contributed by atoms with Gasteiger partial charge < -0.3 is 0 Å². The van der Waals surface area contributed by atoms with E-state index in [-0.39, 0.29) is 29.3 Å². The van der Waals surface area contributed by atoms with Gasteiger partial charge in [0.2, 0.25) is 0 Å². The minimum absolute atomic E-state index is 0.0430. The highest BCUT2D eigenvalue weighted by Crippen LogP contribution is 2.45. The van der Waals surface area contributed by atoms with E-state index >= 15 is 0 Å². The first-order valence-electron chi connectivity index (χ1n) is 16.2. The zero-order chi connectivity index (χ0) is 31.3. The minimum Gasteiger partial charge on any atom is -0.300 e. The lowest BCUT2D eigenvalue weighted by Crippen LogP contribution is -2.34. The summed E-state index contributed by atoms with van der Waals surface area (Å²) in [5.74, 6) is 0.920. The van der Waals surface area contributed by atoms with Crippen molar-refractivity contribution in [3.63, 3.8) is 0 Å². The van der Waals surface area contributed by atoms with Gasteiger partial charge in [0.05, 0.1) is 5.92 Å². The van der Waals surface area contributed by atoms with Crippen LogP contribution in [0.15, 0.2) is 89.6 Å². The molecule has 2 atom stereocenters. The standard InChI is InChI=1S/C26H27NO2.C8H14.C3H8.C2H6/c1-17-24(25(20-9-5-3-6-10-20)21-11-7-4-8-12-21)26(29)22-15-13-19(18(2)28)14-16-23(22)27-17;1-4-7-5-8(2,3)6-7;1-3-2;1-2/h3-12,19,24-25H,13-16H2,1-2H3;4,7H,1,5-6H2,2-3H3;3H2,1-2H3;1-2H3. The zero-order valence-electron chi connectivity index (χ0n) is 27.6. The van der Waals surface area contributed by atoms with E-state index in [4.69, 9.17) is 4.99 Å². The molecule has 2 aromatic carbocycles. The number of Topliss-reactive ketones (excluding diaryl/α,β-unsaturated/α-hetero) is 2. The molecule has 3 nitrogen and oxygen atoms in total. The summed E-state index contributed by atoms with van der Waals surface area (Å²) in [6.45, 7) is 20.3. The van der Waals surface area contributed by atoms with Gasteiger partial charge in [0.25, 0.3) is 0 Å². The van der Waals surface area contributed by atoms with Crippen molar-refractivity contribution in [3.8, 4) is 0 Å². The average Bonchev–Trinajstić information content (AvgIpc) is 3.19. The van der Waals surface area contributed by atoms with Crippen LogP contribution in [0, 0.1) is 23.2 Å². The Morgan fingerprint density at radius 3 is 1.83 bits per heavy atom. The monoisotopic (exact) mass is 569 g/mol. The highest BCUT2D eigenvalue weighted by Gasteiger charge is 2.39. The molecule has 0 spiro atoms. The van der Waals surface area contributed by atoms with Gasteiger partial charge in [0.15, 0.2) is 5.78 Å². The number of aliphatic imine (C=N–C) groups is 1. The second-order valence-electron chi connectivity index (χ2n) is 12.5. The second-order valence-corrected chi connectivity index (χ2v) is 12.5. The summed E-state index contributed by atoms with van der Waals surface area (Å²) < 4.78 is 0. The van der Waals surface area contributed by atoms with Crippen LogP contribution in [-0.2, 0) is 9.59 Å². The number of ketones is 2. The van der Waals surface area contributed by atoms with Crippen LogP contribution < -0.4 is 0 Å². The SMILES string of the molecule is C=CC1CC(C)(C)C1.CC.CC(=O)C1CCC2=C(CC1)C(=O)C(C(c1ccccc1)c1ccccc1)C(C)=N2.CCC. The topological polar surface area (TPSA) is 46.5 Å². The van der Waals surface area contributed by atoms with E-state index in [9.17, 15) is 9.59 Å². The summed E-state index contributed by atoms with van der Waals surface area (Å²) in [7, 11) is 0.